The van der Waals surface area contributed by atoms with E-state index >= 15 is 0 Å². The number of carbonyl (C=O) groups is 2. The van der Waals surface area contributed by atoms with Crippen molar-refractivity contribution >= 4 is 29.1 Å². The summed E-state index contributed by atoms with van der Waals surface area (Å²) in [5.41, 5.74) is 2.83. The summed E-state index contributed by atoms with van der Waals surface area (Å²) in [5.74, 6) is -0.446. The van der Waals surface area contributed by atoms with Crippen LogP contribution in [-0.2, 0) is 11.4 Å². The summed E-state index contributed by atoms with van der Waals surface area (Å²) in [4.78, 5) is 28.5. The van der Waals surface area contributed by atoms with Gasteiger partial charge in [0.1, 0.15) is 6.61 Å². The maximum atomic E-state index is 12.3. The molecule has 0 aliphatic rings. The standard InChI is InChI=1S/C22H20ClN3O3/c1-15-7-8-19(18(23)11-15)26-20(27)13-25-22(28)17-9-10-24-21(12-17)29-14-16-5-3-2-4-6-16/h2-12H,13-14H2,1H3,(H,25,28)(H,26,27). The molecule has 0 fully saturated rings. The van der Waals surface area contributed by atoms with Crippen molar-refractivity contribution in [3.63, 3.8) is 0 Å². The minimum Gasteiger partial charge on any atom is -0.473 e. The third-order valence-electron chi connectivity index (χ3n) is 4.03. The first-order valence-electron chi connectivity index (χ1n) is 8.98. The molecule has 0 atom stereocenters. The molecular formula is C22H20ClN3O3. The van der Waals surface area contributed by atoms with Crippen LogP contribution in [0.15, 0.2) is 66.9 Å². The Morgan fingerprint density at radius 2 is 1.86 bits per heavy atom. The Bertz CT molecular complexity index is 1010. The van der Waals surface area contributed by atoms with Crippen molar-refractivity contribution in [3.05, 3.63) is 88.6 Å². The van der Waals surface area contributed by atoms with Gasteiger partial charge >= 0.3 is 0 Å². The molecule has 0 saturated carbocycles. The summed E-state index contributed by atoms with van der Waals surface area (Å²) >= 11 is 6.10. The summed E-state index contributed by atoms with van der Waals surface area (Å²) in [6.07, 6.45) is 1.49. The molecule has 1 aromatic heterocycles. The highest BCUT2D eigenvalue weighted by Gasteiger charge is 2.11. The molecule has 0 aliphatic carbocycles. The van der Waals surface area contributed by atoms with Crippen molar-refractivity contribution in [1.82, 2.24) is 10.3 Å². The second kappa shape index (κ2) is 9.71. The minimum atomic E-state index is -0.401. The molecule has 0 unspecified atom stereocenters. The lowest BCUT2D eigenvalue weighted by Crippen LogP contribution is -2.32. The van der Waals surface area contributed by atoms with Gasteiger partial charge in [0.05, 0.1) is 17.3 Å². The Hall–Kier alpha value is -3.38. The minimum absolute atomic E-state index is 0.189. The van der Waals surface area contributed by atoms with Crippen LogP contribution >= 0.6 is 11.6 Å². The highest BCUT2D eigenvalue weighted by atomic mass is 35.5. The van der Waals surface area contributed by atoms with Crippen LogP contribution in [0.4, 0.5) is 5.69 Å². The number of ether oxygens (including phenoxy) is 1. The molecule has 1 heterocycles. The van der Waals surface area contributed by atoms with E-state index in [1.165, 1.54) is 12.3 Å². The van der Waals surface area contributed by atoms with Crippen LogP contribution in [0.3, 0.4) is 0 Å². The molecule has 148 valence electrons. The first-order valence-corrected chi connectivity index (χ1v) is 9.36. The van der Waals surface area contributed by atoms with Crippen LogP contribution in [-0.4, -0.2) is 23.3 Å². The van der Waals surface area contributed by atoms with Crippen LogP contribution in [0.1, 0.15) is 21.5 Å². The van der Waals surface area contributed by atoms with Gasteiger partial charge in [-0.1, -0.05) is 48.0 Å². The Morgan fingerprint density at radius 3 is 2.62 bits per heavy atom. The molecule has 2 aromatic carbocycles. The quantitative estimate of drug-likeness (QED) is 0.618. The molecule has 2 amide bonds. The summed E-state index contributed by atoms with van der Waals surface area (Å²) < 4.78 is 5.63. The molecule has 6 nitrogen and oxygen atoms in total. The third-order valence-corrected chi connectivity index (χ3v) is 4.35. The van der Waals surface area contributed by atoms with Crippen LogP contribution < -0.4 is 15.4 Å². The molecule has 2 N–H and O–H groups in total. The zero-order valence-corrected chi connectivity index (χ0v) is 16.6. The fraction of sp³-hybridized carbons (Fsp3) is 0.136. The van der Waals surface area contributed by atoms with Crippen molar-refractivity contribution in [3.8, 4) is 5.88 Å². The number of carbonyl (C=O) groups excluding carboxylic acids is 2. The predicted molar refractivity (Wildman–Crippen MR) is 112 cm³/mol. The average Bonchev–Trinajstić information content (AvgIpc) is 2.73. The zero-order valence-electron chi connectivity index (χ0n) is 15.8. The fourth-order valence-corrected chi connectivity index (χ4v) is 2.82. The number of aromatic nitrogens is 1. The number of aryl methyl sites for hydroxylation is 1. The van der Waals surface area contributed by atoms with E-state index in [0.29, 0.717) is 28.8 Å². The van der Waals surface area contributed by atoms with E-state index in [0.717, 1.165) is 11.1 Å². The number of nitrogens with zero attached hydrogens (tertiary/aromatic N) is 1. The van der Waals surface area contributed by atoms with Crippen LogP contribution in [0.25, 0.3) is 0 Å². The lowest BCUT2D eigenvalue weighted by molar-refractivity contribution is -0.115. The van der Waals surface area contributed by atoms with E-state index in [2.05, 4.69) is 15.6 Å². The van der Waals surface area contributed by atoms with E-state index < -0.39 is 5.91 Å². The van der Waals surface area contributed by atoms with Gasteiger partial charge in [-0.15, -0.1) is 0 Å². The molecular weight excluding hydrogens is 390 g/mol. The number of rotatable bonds is 7. The van der Waals surface area contributed by atoms with Gasteiger partial charge in [0.15, 0.2) is 0 Å². The predicted octanol–water partition coefficient (Wildman–Crippen LogP) is 3.99. The van der Waals surface area contributed by atoms with Gasteiger partial charge in [0.25, 0.3) is 5.91 Å². The van der Waals surface area contributed by atoms with Crippen molar-refractivity contribution in [1.29, 1.82) is 0 Å². The van der Waals surface area contributed by atoms with Crippen molar-refractivity contribution in [2.75, 3.05) is 11.9 Å². The van der Waals surface area contributed by atoms with Crippen LogP contribution in [0, 0.1) is 6.92 Å². The maximum Gasteiger partial charge on any atom is 0.251 e. The molecule has 3 aromatic rings. The molecule has 0 spiro atoms. The van der Waals surface area contributed by atoms with E-state index in [9.17, 15) is 9.59 Å². The Labute approximate surface area is 173 Å². The molecule has 29 heavy (non-hydrogen) atoms. The normalized spacial score (nSPS) is 10.3. The lowest BCUT2D eigenvalue weighted by atomic mass is 10.2. The summed E-state index contributed by atoms with van der Waals surface area (Å²) in [5, 5.41) is 5.69. The number of benzene rings is 2. The summed E-state index contributed by atoms with van der Waals surface area (Å²) in [6, 6.07) is 18.1. The molecule has 7 heteroatoms. The van der Waals surface area contributed by atoms with E-state index in [-0.39, 0.29) is 12.5 Å². The van der Waals surface area contributed by atoms with Crippen LogP contribution in [0.2, 0.25) is 5.02 Å². The van der Waals surface area contributed by atoms with Crippen molar-refractivity contribution in [2.45, 2.75) is 13.5 Å². The van der Waals surface area contributed by atoms with E-state index in [1.807, 2.05) is 43.3 Å². The van der Waals surface area contributed by atoms with Crippen LogP contribution in [0.5, 0.6) is 5.88 Å². The van der Waals surface area contributed by atoms with Gasteiger partial charge in [-0.25, -0.2) is 4.98 Å². The average molecular weight is 410 g/mol. The fourth-order valence-electron chi connectivity index (χ4n) is 2.54. The van der Waals surface area contributed by atoms with E-state index in [1.54, 1.807) is 18.2 Å². The topological polar surface area (TPSA) is 80.3 Å². The number of pyridine rings is 1. The molecule has 0 saturated heterocycles. The number of hydrogen-bond donors (Lipinski definition) is 2. The Morgan fingerprint density at radius 1 is 1.07 bits per heavy atom. The number of anilines is 1. The maximum absolute atomic E-state index is 12.3. The first-order chi connectivity index (χ1) is 14.0. The number of halogens is 1. The van der Waals surface area contributed by atoms with Gasteiger partial charge in [0, 0.05) is 17.8 Å². The second-order valence-electron chi connectivity index (χ2n) is 6.37. The SMILES string of the molecule is Cc1ccc(NC(=O)CNC(=O)c2ccnc(OCc3ccccc3)c2)c(Cl)c1. The number of amides is 2. The van der Waals surface area contributed by atoms with Gasteiger partial charge in [0.2, 0.25) is 11.8 Å². The van der Waals surface area contributed by atoms with Crippen molar-refractivity contribution in [2.24, 2.45) is 0 Å². The Balaban J connectivity index is 1.53. The van der Waals surface area contributed by atoms with Gasteiger partial charge < -0.3 is 15.4 Å². The highest BCUT2D eigenvalue weighted by Crippen LogP contribution is 2.22. The molecule has 0 aliphatic heterocycles. The number of hydrogen-bond acceptors (Lipinski definition) is 4. The molecule has 0 radical (unpaired) electrons. The second-order valence-corrected chi connectivity index (χ2v) is 6.78. The zero-order chi connectivity index (χ0) is 20.6. The molecule has 0 bridgehead atoms. The Kier molecular flexibility index (Phi) is 6.81. The third kappa shape index (κ3) is 6.05. The lowest BCUT2D eigenvalue weighted by Gasteiger charge is -2.10. The molecule has 3 rings (SSSR count). The smallest absolute Gasteiger partial charge is 0.251 e. The van der Waals surface area contributed by atoms with Crippen molar-refractivity contribution < 1.29 is 14.3 Å². The monoisotopic (exact) mass is 409 g/mol. The number of nitrogens with one attached hydrogen (secondary N) is 2. The van der Waals surface area contributed by atoms with E-state index in [4.69, 9.17) is 16.3 Å². The largest absolute Gasteiger partial charge is 0.473 e. The summed E-state index contributed by atoms with van der Waals surface area (Å²) in [6.45, 7) is 2.06. The van der Waals surface area contributed by atoms with Gasteiger partial charge in [-0.3, -0.25) is 9.59 Å². The summed E-state index contributed by atoms with van der Waals surface area (Å²) in [7, 11) is 0. The first kappa shape index (κ1) is 20.4. The highest BCUT2D eigenvalue weighted by molar-refractivity contribution is 6.33. The van der Waals surface area contributed by atoms with Gasteiger partial charge in [-0.2, -0.15) is 0 Å². The van der Waals surface area contributed by atoms with Gasteiger partial charge in [-0.05, 0) is 36.2 Å².